The first-order valence-electron chi connectivity index (χ1n) is 8.33. The summed E-state index contributed by atoms with van der Waals surface area (Å²) in [4.78, 5) is 8.09. The van der Waals surface area contributed by atoms with Crippen molar-refractivity contribution in [2.75, 3.05) is 25.2 Å². The lowest BCUT2D eigenvalue weighted by Crippen LogP contribution is -2.03. The van der Waals surface area contributed by atoms with Crippen LogP contribution in [-0.4, -0.2) is 24.1 Å². The summed E-state index contributed by atoms with van der Waals surface area (Å²) in [5, 5.41) is 4.07. The smallest absolute Gasteiger partial charge is 0.183 e. The monoisotopic (exact) mass is 412 g/mol. The average Bonchev–Trinajstić information content (AvgIpc) is 3.10. The van der Waals surface area contributed by atoms with Crippen LogP contribution in [0.15, 0.2) is 18.3 Å². The molecule has 6 nitrogen and oxygen atoms in total. The van der Waals surface area contributed by atoms with Crippen molar-refractivity contribution in [3.63, 3.8) is 0 Å². The lowest BCUT2D eigenvalue weighted by atomic mass is 10.2. The molecule has 146 valence electrons. The van der Waals surface area contributed by atoms with Gasteiger partial charge in [0.05, 0.1) is 11.8 Å². The van der Waals surface area contributed by atoms with Crippen LogP contribution in [0.3, 0.4) is 0 Å². The maximum Gasteiger partial charge on any atom is 0.183 e. The van der Waals surface area contributed by atoms with E-state index in [1.54, 1.807) is 13.1 Å². The normalized spacial score (nSPS) is 10.3. The second-order valence-electron chi connectivity index (χ2n) is 5.50. The van der Waals surface area contributed by atoms with Crippen molar-refractivity contribution in [1.29, 1.82) is 0 Å². The Kier molecular flexibility index (Phi) is 7.44. The molecular weight excluding hydrogens is 391 g/mol. The van der Waals surface area contributed by atoms with Crippen LogP contribution in [0.5, 0.6) is 11.5 Å². The number of nitrogens with one attached hydrogen (secondary N) is 1. The molecule has 0 spiro atoms. The molecule has 0 unspecified atom stereocenters. The van der Waals surface area contributed by atoms with Crippen molar-refractivity contribution in [3.8, 4) is 11.5 Å². The van der Waals surface area contributed by atoms with Gasteiger partial charge in [0.1, 0.15) is 28.6 Å². The third-order valence-electron chi connectivity index (χ3n) is 3.35. The summed E-state index contributed by atoms with van der Waals surface area (Å²) in [5.41, 5.74) is 6.39. The average molecular weight is 413 g/mol. The Bertz CT molecular complexity index is 920. The Morgan fingerprint density at radius 3 is 2.67 bits per heavy atom. The van der Waals surface area contributed by atoms with E-state index >= 15 is 0 Å². The van der Waals surface area contributed by atoms with Crippen LogP contribution in [0.4, 0.5) is 15.3 Å². The van der Waals surface area contributed by atoms with Crippen LogP contribution in [0.2, 0.25) is 5.02 Å². The van der Waals surface area contributed by atoms with E-state index in [1.807, 2.05) is 0 Å². The number of thiazole rings is 1. The number of nitrogen functional groups attached to an aromatic ring is 1. The number of hydrogen-bond donors (Lipinski definition) is 2. The summed E-state index contributed by atoms with van der Waals surface area (Å²) in [7, 11) is 3.31. The summed E-state index contributed by atoms with van der Waals surface area (Å²) in [5.74, 6) is 0.132. The van der Waals surface area contributed by atoms with Crippen LogP contribution in [0, 0.1) is 5.82 Å². The highest BCUT2D eigenvalue weighted by Crippen LogP contribution is 2.43. The van der Waals surface area contributed by atoms with Gasteiger partial charge in [-0.05, 0) is 6.07 Å². The van der Waals surface area contributed by atoms with Gasteiger partial charge in [-0.3, -0.25) is 0 Å². The van der Waals surface area contributed by atoms with Crippen molar-refractivity contribution >= 4 is 44.1 Å². The molecule has 0 radical (unpaired) electrons. The van der Waals surface area contributed by atoms with Gasteiger partial charge in [0.15, 0.2) is 16.8 Å². The Morgan fingerprint density at radius 1 is 1.33 bits per heavy atom. The largest absolute Gasteiger partial charge is 0.494 e. The topological polar surface area (TPSA) is 82.3 Å². The molecule has 2 aromatic heterocycles. The fourth-order valence-electron chi connectivity index (χ4n) is 2.13. The quantitative estimate of drug-likeness (QED) is 0.605. The number of anilines is 2. The first-order valence-corrected chi connectivity index (χ1v) is 9.52. The molecule has 0 aliphatic rings. The maximum atomic E-state index is 13.9. The van der Waals surface area contributed by atoms with E-state index in [4.69, 9.17) is 26.8 Å². The zero-order valence-electron chi connectivity index (χ0n) is 15.6. The predicted octanol–water partition coefficient (Wildman–Crippen LogP) is 5.11. The highest BCUT2D eigenvalue weighted by Gasteiger charge is 2.18. The number of hydrogen-bond acceptors (Lipinski definition) is 7. The molecule has 3 N–H and O–H groups in total. The maximum absolute atomic E-state index is 13.9. The lowest BCUT2D eigenvalue weighted by Gasteiger charge is -2.11. The van der Waals surface area contributed by atoms with Crippen molar-refractivity contribution in [2.45, 2.75) is 26.9 Å². The summed E-state index contributed by atoms with van der Waals surface area (Å²) >= 11 is 7.79. The number of nitrogens with zero attached hydrogens (tertiary/aromatic N) is 2. The lowest BCUT2D eigenvalue weighted by molar-refractivity contribution is 0.298. The van der Waals surface area contributed by atoms with Gasteiger partial charge < -0.3 is 20.5 Å². The molecular formula is C18H22ClFN4O2S. The summed E-state index contributed by atoms with van der Waals surface area (Å²) in [6.07, 6.45) is 2.67. The Hall–Kier alpha value is -2.32. The van der Waals surface area contributed by atoms with Gasteiger partial charge in [-0.2, -0.15) is 0 Å². The number of ether oxygens (including phenoxy) is 2. The van der Waals surface area contributed by atoms with Gasteiger partial charge in [0, 0.05) is 24.9 Å². The minimum atomic E-state index is -0.600. The van der Waals surface area contributed by atoms with Gasteiger partial charge in [0.25, 0.3) is 0 Å². The van der Waals surface area contributed by atoms with E-state index in [0.29, 0.717) is 27.2 Å². The SMILES string of the molecule is CCC.CNc1nc2c(OC)cc(OCc3ccnc(N)c3F)c(Cl)c2s1. The van der Waals surface area contributed by atoms with Crippen LogP contribution in [0.25, 0.3) is 10.2 Å². The Labute approximate surface area is 166 Å². The second-order valence-corrected chi connectivity index (χ2v) is 6.88. The molecule has 0 atom stereocenters. The van der Waals surface area contributed by atoms with Crippen molar-refractivity contribution < 1.29 is 13.9 Å². The highest BCUT2D eigenvalue weighted by molar-refractivity contribution is 7.22. The summed E-state index contributed by atoms with van der Waals surface area (Å²) in [6, 6.07) is 3.13. The number of methoxy groups -OCH3 is 1. The molecule has 3 aromatic rings. The van der Waals surface area contributed by atoms with E-state index in [2.05, 4.69) is 29.1 Å². The van der Waals surface area contributed by atoms with Crippen LogP contribution in [-0.2, 0) is 6.61 Å². The Balaban J connectivity index is 0.000000817. The number of pyridine rings is 1. The molecule has 0 fully saturated rings. The molecule has 0 amide bonds. The minimum Gasteiger partial charge on any atom is -0.494 e. The third-order valence-corrected chi connectivity index (χ3v) is 4.93. The molecule has 0 saturated carbocycles. The van der Waals surface area contributed by atoms with E-state index in [9.17, 15) is 4.39 Å². The van der Waals surface area contributed by atoms with Gasteiger partial charge >= 0.3 is 0 Å². The molecule has 2 heterocycles. The van der Waals surface area contributed by atoms with Crippen molar-refractivity contribution in [3.05, 3.63) is 34.7 Å². The first kappa shape index (κ1) is 21.0. The van der Waals surface area contributed by atoms with E-state index in [1.165, 1.54) is 37.1 Å². The molecule has 0 aliphatic carbocycles. The van der Waals surface area contributed by atoms with E-state index in [-0.39, 0.29) is 18.0 Å². The predicted molar refractivity (Wildman–Crippen MR) is 110 cm³/mol. The highest BCUT2D eigenvalue weighted by atomic mass is 35.5. The standard InChI is InChI=1S/C15H14ClFN4O2S.C3H8/c1-19-15-21-12-9(22-2)5-8(10(16)13(12)24-15)23-6-7-3-4-20-14(18)11(7)17;1-3-2/h3-5H,6H2,1-2H3,(H2,18,20)(H,19,21);3H2,1-2H3. The molecule has 0 saturated heterocycles. The van der Waals surface area contributed by atoms with Crippen molar-refractivity contribution in [2.24, 2.45) is 0 Å². The summed E-state index contributed by atoms with van der Waals surface area (Å²) < 4.78 is 25.7. The first-order chi connectivity index (χ1) is 13.0. The van der Waals surface area contributed by atoms with Crippen LogP contribution >= 0.6 is 22.9 Å². The van der Waals surface area contributed by atoms with E-state index < -0.39 is 5.82 Å². The molecule has 1 aromatic carbocycles. The number of rotatable bonds is 5. The van der Waals surface area contributed by atoms with Gasteiger partial charge in [-0.25, -0.2) is 14.4 Å². The zero-order chi connectivity index (χ0) is 20.0. The number of halogens is 2. The van der Waals surface area contributed by atoms with E-state index in [0.717, 1.165) is 4.70 Å². The second kappa shape index (κ2) is 9.57. The van der Waals surface area contributed by atoms with Crippen LogP contribution in [0.1, 0.15) is 25.8 Å². The molecule has 0 aliphatic heterocycles. The molecule has 3 rings (SSSR count). The number of benzene rings is 1. The van der Waals surface area contributed by atoms with Gasteiger partial charge in [-0.15, -0.1) is 0 Å². The Morgan fingerprint density at radius 2 is 2.04 bits per heavy atom. The fourth-order valence-corrected chi connectivity index (χ4v) is 3.31. The molecule has 0 bridgehead atoms. The third kappa shape index (κ3) is 4.70. The van der Waals surface area contributed by atoms with Crippen LogP contribution < -0.4 is 20.5 Å². The van der Waals surface area contributed by atoms with Crippen molar-refractivity contribution in [1.82, 2.24) is 9.97 Å². The number of fused-ring (bicyclic) bond motifs is 1. The van der Waals surface area contributed by atoms with Gasteiger partial charge in [0.2, 0.25) is 0 Å². The molecule has 27 heavy (non-hydrogen) atoms. The molecule has 9 heteroatoms. The zero-order valence-corrected chi connectivity index (χ0v) is 17.2. The fraction of sp³-hybridized carbons (Fsp3) is 0.333. The number of nitrogens with two attached hydrogens (primary N) is 1. The summed E-state index contributed by atoms with van der Waals surface area (Å²) in [6.45, 7) is 4.21. The van der Waals surface area contributed by atoms with Gasteiger partial charge in [-0.1, -0.05) is 43.2 Å². The number of aromatic nitrogens is 2. The minimum absolute atomic E-state index is 0.0371.